The molecule has 1 aliphatic heterocycles. The molecule has 1 aromatic rings. The van der Waals surface area contributed by atoms with Gasteiger partial charge in [0.05, 0.1) is 19.2 Å². The van der Waals surface area contributed by atoms with E-state index < -0.39 is 18.1 Å². The maximum Gasteiger partial charge on any atom is 0.490 e. The highest BCUT2D eigenvalue weighted by molar-refractivity contribution is 6.32. The minimum atomic E-state index is -5.08. The molecule has 27 heavy (non-hydrogen) atoms. The number of methoxy groups -OCH3 is 2. The number of ether oxygens (including phenoxy) is 3. The molecule has 7 nitrogen and oxygen atoms in total. The summed E-state index contributed by atoms with van der Waals surface area (Å²) in [6.45, 7) is 1.86. The topological polar surface area (TPSA) is 94.1 Å². The van der Waals surface area contributed by atoms with Gasteiger partial charge in [-0.05, 0) is 32.0 Å². The second-order valence-corrected chi connectivity index (χ2v) is 5.75. The van der Waals surface area contributed by atoms with E-state index >= 15 is 0 Å². The summed E-state index contributed by atoms with van der Waals surface area (Å²) in [7, 11) is 2.80. The van der Waals surface area contributed by atoms with E-state index in [2.05, 4.69) is 5.32 Å². The number of carbonyl (C=O) groups excluding carboxylic acids is 1. The first-order valence-electron chi connectivity index (χ1n) is 7.73. The molecule has 0 bridgehead atoms. The highest BCUT2D eigenvalue weighted by atomic mass is 35.5. The fourth-order valence-corrected chi connectivity index (χ4v) is 2.36. The Morgan fingerprint density at radius 1 is 1.19 bits per heavy atom. The third kappa shape index (κ3) is 7.14. The molecule has 2 N–H and O–H groups in total. The SMILES string of the molecule is COC(=O)c1cc(Cl)c(OC2CCNCC2)cc1OC.O=C(O)C(F)(F)F. The first kappa shape index (κ1) is 22.8. The lowest BCUT2D eigenvalue weighted by molar-refractivity contribution is -0.192. The molecule has 0 spiro atoms. The van der Waals surface area contributed by atoms with Crippen LogP contribution in [0.3, 0.4) is 0 Å². The van der Waals surface area contributed by atoms with E-state index in [-0.39, 0.29) is 11.7 Å². The highest BCUT2D eigenvalue weighted by Gasteiger charge is 2.38. The van der Waals surface area contributed by atoms with Crippen LogP contribution in [0, 0.1) is 0 Å². The molecule has 1 aromatic carbocycles. The first-order chi connectivity index (χ1) is 12.6. The van der Waals surface area contributed by atoms with E-state index in [0.29, 0.717) is 16.5 Å². The van der Waals surface area contributed by atoms with Crippen molar-refractivity contribution in [2.45, 2.75) is 25.1 Å². The summed E-state index contributed by atoms with van der Waals surface area (Å²) in [5.41, 5.74) is 0.290. The molecule has 0 radical (unpaired) electrons. The fraction of sp³-hybridized carbons (Fsp3) is 0.500. The molecule has 0 aromatic heterocycles. The van der Waals surface area contributed by atoms with Crippen molar-refractivity contribution in [3.8, 4) is 11.5 Å². The molecular formula is C16H19ClF3NO6. The number of hydrogen-bond acceptors (Lipinski definition) is 6. The molecule has 0 aliphatic carbocycles. The second kappa shape index (κ2) is 10.2. The summed E-state index contributed by atoms with van der Waals surface area (Å²) in [5.74, 6) is -2.32. The number of nitrogens with one attached hydrogen (secondary N) is 1. The van der Waals surface area contributed by atoms with Crippen molar-refractivity contribution in [3.63, 3.8) is 0 Å². The minimum absolute atomic E-state index is 0.127. The van der Waals surface area contributed by atoms with Crippen LogP contribution in [0.5, 0.6) is 11.5 Å². The Morgan fingerprint density at radius 3 is 2.19 bits per heavy atom. The third-order valence-electron chi connectivity index (χ3n) is 3.48. The fourth-order valence-electron chi connectivity index (χ4n) is 2.16. The Kier molecular flexibility index (Phi) is 8.64. The van der Waals surface area contributed by atoms with E-state index in [1.807, 2.05) is 0 Å². The van der Waals surface area contributed by atoms with Gasteiger partial charge in [-0.2, -0.15) is 13.2 Å². The largest absolute Gasteiger partial charge is 0.496 e. The average Bonchev–Trinajstić information content (AvgIpc) is 2.63. The lowest BCUT2D eigenvalue weighted by atomic mass is 10.1. The van der Waals surface area contributed by atoms with Crippen LogP contribution >= 0.6 is 11.6 Å². The number of aliphatic carboxylic acids is 1. The average molecular weight is 414 g/mol. The summed E-state index contributed by atoms with van der Waals surface area (Å²) in [5, 5.41) is 10.8. The van der Waals surface area contributed by atoms with Gasteiger partial charge < -0.3 is 24.6 Å². The zero-order valence-corrected chi connectivity index (χ0v) is 15.3. The number of rotatable bonds is 4. The molecule has 11 heteroatoms. The van der Waals surface area contributed by atoms with Crippen molar-refractivity contribution in [2.75, 3.05) is 27.3 Å². The van der Waals surface area contributed by atoms with E-state index in [9.17, 15) is 18.0 Å². The maximum atomic E-state index is 11.6. The smallest absolute Gasteiger partial charge is 0.490 e. The van der Waals surface area contributed by atoms with Crippen molar-refractivity contribution in [2.24, 2.45) is 0 Å². The Hall–Kier alpha value is -2.20. The predicted octanol–water partition coefficient (Wildman–Crippen LogP) is 2.90. The number of benzene rings is 1. The van der Waals surface area contributed by atoms with Crippen molar-refractivity contribution in [1.82, 2.24) is 5.32 Å². The summed E-state index contributed by atoms with van der Waals surface area (Å²) in [4.78, 5) is 20.5. The summed E-state index contributed by atoms with van der Waals surface area (Å²) >= 11 is 6.17. The van der Waals surface area contributed by atoms with Gasteiger partial charge in [0.15, 0.2) is 0 Å². The van der Waals surface area contributed by atoms with Crippen LogP contribution in [0.4, 0.5) is 13.2 Å². The molecular weight excluding hydrogens is 395 g/mol. The Labute approximate surface area is 158 Å². The van der Waals surface area contributed by atoms with Gasteiger partial charge in [-0.15, -0.1) is 0 Å². The zero-order valence-electron chi connectivity index (χ0n) is 14.6. The number of carboxylic acid groups (broad SMARTS) is 1. The minimum Gasteiger partial charge on any atom is -0.496 e. The van der Waals surface area contributed by atoms with Gasteiger partial charge >= 0.3 is 18.1 Å². The zero-order chi connectivity index (χ0) is 20.6. The first-order valence-corrected chi connectivity index (χ1v) is 8.11. The van der Waals surface area contributed by atoms with Gasteiger partial charge in [0.1, 0.15) is 23.2 Å². The monoisotopic (exact) mass is 413 g/mol. The van der Waals surface area contributed by atoms with E-state index in [1.165, 1.54) is 20.3 Å². The van der Waals surface area contributed by atoms with Crippen LogP contribution in [0.25, 0.3) is 0 Å². The highest BCUT2D eigenvalue weighted by Crippen LogP contribution is 2.34. The summed E-state index contributed by atoms with van der Waals surface area (Å²) in [6, 6.07) is 3.15. The second-order valence-electron chi connectivity index (χ2n) is 5.34. The Morgan fingerprint density at radius 2 is 1.74 bits per heavy atom. The molecule has 0 saturated carbocycles. The van der Waals surface area contributed by atoms with Gasteiger partial charge in [0, 0.05) is 6.07 Å². The molecule has 2 rings (SSSR count). The molecule has 0 atom stereocenters. The van der Waals surface area contributed by atoms with Crippen LogP contribution in [-0.4, -0.2) is 56.6 Å². The number of carboxylic acids is 1. The van der Waals surface area contributed by atoms with Gasteiger partial charge in [-0.1, -0.05) is 11.6 Å². The lowest BCUT2D eigenvalue weighted by Crippen LogP contribution is -2.34. The Bertz CT molecular complexity index is 662. The number of carbonyl (C=O) groups is 2. The van der Waals surface area contributed by atoms with Crippen molar-refractivity contribution >= 4 is 23.5 Å². The van der Waals surface area contributed by atoms with Crippen molar-refractivity contribution in [1.29, 1.82) is 0 Å². The molecule has 1 heterocycles. The van der Waals surface area contributed by atoms with Gasteiger partial charge in [-0.3, -0.25) is 0 Å². The van der Waals surface area contributed by atoms with Crippen LogP contribution in [0.15, 0.2) is 12.1 Å². The van der Waals surface area contributed by atoms with E-state index in [0.717, 1.165) is 25.9 Å². The molecule has 1 aliphatic rings. The normalized spacial score (nSPS) is 14.6. The van der Waals surface area contributed by atoms with E-state index in [1.54, 1.807) is 6.07 Å². The van der Waals surface area contributed by atoms with Crippen LogP contribution in [0.1, 0.15) is 23.2 Å². The molecule has 0 amide bonds. The predicted molar refractivity (Wildman–Crippen MR) is 89.6 cm³/mol. The van der Waals surface area contributed by atoms with Crippen LogP contribution < -0.4 is 14.8 Å². The molecule has 0 unspecified atom stereocenters. The summed E-state index contributed by atoms with van der Waals surface area (Å²) < 4.78 is 47.5. The van der Waals surface area contributed by atoms with Crippen molar-refractivity contribution in [3.05, 3.63) is 22.7 Å². The number of esters is 1. The third-order valence-corrected chi connectivity index (χ3v) is 3.78. The van der Waals surface area contributed by atoms with Crippen molar-refractivity contribution < 1.29 is 42.1 Å². The van der Waals surface area contributed by atoms with Crippen LogP contribution in [-0.2, 0) is 9.53 Å². The molecule has 1 fully saturated rings. The lowest BCUT2D eigenvalue weighted by Gasteiger charge is -2.24. The van der Waals surface area contributed by atoms with Gasteiger partial charge in [0.25, 0.3) is 0 Å². The number of hydrogen-bond donors (Lipinski definition) is 2. The molecule has 1 saturated heterocycles. The van der Waals surface area contributed by atoms with Gasteiger partial charge in [-0.25, -0.2) is 9.59 Å². The van der Waals surface area contributed by atoms with E-state index in [4.69, 9.17) is 35.7 Å². The molecule has 152 valence electrons. The number of alkyl halides is 3. The Balaban J connectivity index is 0.000000445. The van der Waals surface area contributed by atoms with Crippen LogP contribution in [0.2, 0.25) is 5.02 Å². The summed E-state index contributed by atoms with van der Waals surface area (Å²) in [6.07, 6.45) is -3.10. The number of halogens is 4. The quantitative estimate of drug-likeness (QED) is 0.733. The standard InChI is InChI=1S/C14H18ClNO4.C2HF3O2/c1-18-12-8-13(20-9-3-5-16-6-4-9)11(15)7-10(12)14(17)19-2;3-2(4,5)1(6)7/h7-9,16H,3-6H2,1-2H3;(H,6,7). The van der Waals surface area contributed by atoms with Gasteiger partial charge in [0.2, 0.25) is 0 Å². The number of piperidine rings is 1. The maximum absolute atomic E-state index is 11.6.